The minimum Gasteiger partial charge on any atom is -0.496 e. The Morgan fingerprint density at radius 2 is 1.90 bits per heavy atom. The van der Waals surface area contributed by atoms with Crippen molar-refractivity contribution in [3.05, 3.63) is 64.5 Å². The zero-order valence-electron chi connectivity index (χ0n) is 17.7. The van der Waals surface area contributed by atoms with Crippen molar-refractivity contribution in [1.29, 1.82) is 0 Å². The van der Waals surface area contributed by atoms with Crippen molar-refractivity contribution in [2.24, 2.45) is 0 Å². The summed E-state index contributed by atoms with van der Waals surface area (Å²) in [5.74, 6) is -0.587. The first-order valence-electron chi connectivity index (χ1n) is 9.85. The number of esters is 1. The Balaban J connectivity index is 1.77. The number of halogens is 1. The molecule has 7 heteroatoms. The second-order valence-electron chi connectivity index (χ2n) is 7.60. The Hall–Kier alpha value is -2.93. The number of nitrogens with zero attached hydrogens (tertiary/aromatic N) is 1. The largest absolute Gasteiger partial charge is 0.496 e. The minimum absolute atomic E-state index is 0.00723. The molecule has 6 nitrogen and oxygen atoms in total. The number of aryl methyl sites for hydroxylation is 2. The molecule has 1 fully saturated rings. The van der Waals surface area contributed by atoms with Crippen molar-refractivity contribution < 1.29 is 23.5 Å². The molecule has 1 heterocycles. The number of carbonyl (C=O) groups is 2. The maximum absolute atomic E-state index is 13.9. The summed E-state index contributed by atoms with van der Waals surface area (Å²) in [6.07, 6.45) is 0.404. The molecule has 0 aliphatic carbocycles. The monoisotopic (exact) mass is 414 g/mol. The molecule has 30 heavy (non-hydrogen) atoms. The van der Waals surface area contributed by atoms with Gasteiger partial charge in [0.05, 0.1) is 19.8 Å². The molecule has 1 amide bonds. The Bertz CT molecular complexity index is 947. The Morgan fingerprint density at radius 3 is 2.57 bits per heavy atom. The molecule has 160 valence electrons. The third-order valence-electron chi connectivity index (χ3n) is 5.56. The van der Waals surface area contributed by atoms with Gasteiger partial charge in [-0.15, -0.1) is 0 Å². The fourth-order valence-corrected chi connectivity index (χ4v) is 3.93. The highest BCUT2D eigenvalue weighted by Gasteiger charge is 2.38. The van der Waals surface area contributed by atoms with E-state index in [0.717, 1.165) is 22.4 Å². The molecule has 0 saturated carbocycles. The molecule has 3 rings (SSSR count). The molecule has 0 bridgehead atoms. The highest BCUT2D eigenvalue weighted by atomic mass is 19.1. The summed E-state index contributed by atoms with van der Waals surface area (Å²) in [7, 11) is 2.99. The minimum atomic E-state index is -0.571. The van der Waals surface area contributed by atoms with Gasteiger partial charge in [-0.1, -0.05) is 18.2 Å². The molecule has 0 spiro atoms. The van der Waals surface area contributed by atoms with E-state index in [1.54, 1.807) is 13.2 Å². The van der Waals surface area contributed by atoms with Crippen LogP contribution in [0.25, 0.3) is 0 Å². The number of benzene rings is 2. The number of likely N-dealkylation sites (tertiary alicyclic amines) is 1. The normalized spacial score (nSPS) is 18.8. The van der Waals surface area contributed by atoms with Crippen LogP contribution in [0, 0.1) is 19.7 Å². The van der Waals surface area contributed by atoms with Crippen LogP contribution in [0.2, 0.25) is 0 Å². The lowest BCUT2D eigenvalue weighted by atomic mass is 10.0. The Kier molecular flexibility index (Phi) is 6.72. The van der Waals surface area contributed by atoms with E-state index in [-0.39, 0.29) is 17.6 Å². The van der Waals surface area contributed by atoms with E-state index in [9.17, 15) is 14.0 Å². The lowest BCUT2D eigenvalue weighted by Crippen LogP contribution is -2.38. The second-order valence-corrected chi connectivity index (χ2v) is 7.60. The van der Waals surface area contributed by atoms with Crippen LogP contribution in [-0.4, -0.2) is 49.6 Å². The van der Waals surface area contributed by atoms with E-state index in [1.807, 2.05) is 30.9 Å². The smallest absolute Gasteiger partial charge is 0.323 e. The van der Waals surface area contributed by atoms with E-state index in [2.05, 4.69) is 5.32 Å². The number of amides is 1. The standard InChI is InChI=1S/C23H27FN2O4/c1-14-10-21(29-3)15(2)9-16(14)12-26-13-17(11-20(26)23(28)30-4)25-22(27)18-7-5-6-8-19(18)24/h5-10,17,20H,11-13H2,1-4H3,(H,25,27)/t17-,20-/m0/s1. The molecular formula is C23H27FN2O4. The van der Waals surface area contributed by atoms with Crippen LogP contribution in [0.15, 0.2) is 36.4 Å². The van der Waals surface area contributed by atoms with Gasteiger partial charge in [0.25, 0.3) is 5.91 Å². The van der Waals surface area contributed by atoms with Crippen molar-refractivity contribution in [3.8, 4) is 5.75 Å². The molecule has 0 radical (unpaired) electrons. The van der Waals surface area contributed by atoms with E-state index < -0.39 is 17.8 Å². The molecule has 1 saturated heterocycles. The van der Waals surface area contributed by atoms with Gasteiger partial charge in [-0.3, -0.25) is 14.5 Å². The Labute approximate surface area is 176 Å². The lowest BCUT2D eigenvalue weighted by molar-refractivity contribution is -0.146. The fourth-order valence-electron chi connectivity index (χ4n) is 3.93. The molecule has 0 unspecified atom stereocenters. The average molecular weight is 414 g/mol. The predicted molar refractivity (Wildman–Crippen MR) is 111 cm³/mol. The molecule has 2 atom stereocenters. The molecule has 1 N–H and O–H groups in total. The van der Waals surface area contributed by atoms with E-state index >= 15 is 0 Å². The first-order chi connectivity index (χ1) is 14.3. The van der Waals surface area contributed by atoms with Crippen LogP contribution >= 0.6 is 0 Å². The Morgan fingerprint density at radius 1 is 1.17 bits per heavy atom. The maximum Gasteiger partial charge on any atom is 0.323 e. The first-order valence-corrected chi connectivity index (χ1v) is 9.85. The number of rotatable bonds is 6. The quantitative estimate of drug-likeness (QED) is 0.736. The molecule has 1 aliphatic rings. The summed E-state index contributed by atoms with van der Waals surface area (Å²) >= 11 is 0. The third-order valence-corrected chi connectivity index (χ3v) is 5.56. The van der Waals surface area contributed by atoms with Crippen molar-refractivity contribution in [2.45, 2.75) is 38.9 Å². The zero-order chi connectivity index (χ0) is 21.8. The second kappa shape index (κ2) is 9.26. The summed E-state index contributed by atoms with van der Waals surface area (Å²) in [5, 5.41) is 2.86. The van der Waals surface area contributed by atoms with Crippen LogP contribution in [0.5, 0.6) is 5.75 Å². The van der Waals surface area contributed by atoms with Crippen molar-refractivity contribution in [1.82, 2.24) is 10.2 Å². The number of carbonyl (C=O) groups excluding carboxylic acids is 2. The van der Waals surface area contributed by atoms with Gasteiger partial charge in [0.1, 0.15) is 17.6 Å². The first kappa shape index (κ1) is 21.8. The summed E-state index contributed by atoms with van der Waals surface area (Å²) in [6.45, 7) is 4.96. The van der Waals surface area contributed by atoms with Crippen LogP contribution in [0.4, 0.5) is 4.39 Å². The number of hydrogen-bond acceptors (Lipinski definition) is 5. The SMILES string of the molecule is COC(=O)[C@@H]1C[C@H](NC(=O)c2ccccc2F)CN1Cc1cc(C)c(OC)cc1C. The number of nitrogens with one attached hydrogen (secondary N) is 1. The summed E-state index contributed by atoms with van der Waals surface area (Å²) in [6, 6.07) is 9.10. The highest BCUT2D eigenvalue weighted by Crippen LogP contribution is 2.27. The van der Waals surface area contributed by atoms with Gasteiger partial charge in [-0.05, 0) is 55.2 Å². The van der Waals surface area contributed by atoms with Crippen LogP contribution in [0.3, 0.4) is 0 Å². The summed E-state index contributed by atoms with van der Waals surface area (Å²) in [4.78, 5) is 26.9. The lowest BCUT2D eigenvalue weighted by Gasteiger charge is -2.23. The van der Waals surface area contributed by atoms with Crippen LogP contribution < -0.4 is 10.1 Å². The molecule has 2 aromatic carbocycles. The maximum atomic E-state index is 13.9. The number of ether oxygens (including phenoxy) is 2. The van der Waals surface area contributed by atoms with Gasteiger partial charge in [0.15, 0.2) is 0 Å². The van der Waals surface area contributed by atoms with Crippen LogP contribution in [-0.2, 0) is 16.1 Å². The third kappa shape index (κ3) is 4.62. The van der Waals surface area contributed by atoms with Crippen molar-refractivity contribution in [2.75, 3.05) is 20.8 Å². The van der Waals surface area contributed by atoms with E-state index in [1.165, 1.54) is 25.3 Å². The summed E-state index contributed by atoms with van der Waals surface area (Å²) in [5.41, 5.74) is 3.13. The number of hydrogen-bond donors (Lipinski definition) is 1. The average Bonchev–Trinajstić information content (AvgIpc) is 3.12. The van der Waals surface area contributed by atoms with Gasteiger partial charge in [-0.25, -0.2) is 4.39 Å². The molecule has 0 aromatic heterocycles. The van der Waals surface area contributed by atoms with Gasteiger partial charge < -0.3 is 14.8 Å². The summed E-state index contributed by atoms with van der Waals surface area (Å²) < 4.78 is 24.3. The van der Waals surface area contributed by atoms with Gasteiger partial charge in [0, 0.05) is 19.1 Å². The molecule has 1 aliphatic heterocycles. The number of methoxy groups -OCH3 is 2. The molecular weight excluding hydrogens is 387 g/mol. The van der Waals surface area contributed by atoms with Gasteiger partial charge in [0.2, 0.25) is 0 Å². The fraction of sp³-hybridized carbons (Fsp3) is 0.391. The van der Waals surface area contributed by atoms with E-state index in [0.29, 0.717) is 19.5 Å². The topological polar surface area (TPSA) is 67.9 Å². The van der Waals surface area contributed by atoms with Gasteiger partial charge >= 0.3 is 5.97 Å². The van der Waals surface area contributed by atoms with Crippen molar-refractivity contribution in [3.63, 3.8) is 0 Å². The van der Waals surface area contributed by atoms with Crippen molar-refractivity contribution >= 4 is 11.9 Å². The van der Waals surface area contributed by atoms with E-state index in [4.69, 9.17) is 9.47 Å². The van der Waals surface area contributed by atoms with Gasteiger partial charge in [-0.2, -0.15) is 0 Å². The van der Waals surface area contributed by atoms with Crippen LogP contribution in [0.1, 0.15) is 33.5 Å². The zero-order valence-corrected chi connectivity index (χ0v) is 17.7. The molecule has 2 aromatic rings. The highest BCUT2D eigenvalue weighted by molar-refractivity contribution is 5.94. The predicted octanol–water partition coefficient (Wildman–Crippen LogP) is 3.00.